The van der Waals surface area contributed by atoms with Crippen LogP contribution >= 0.6 is 0 Å². The second-order valence-corrected chi connectivity index (χ2v) is 4.94. The van der Waals surface area contributed by atoms with Crippen LogP contribution in [0.1, 0.15) is 17.0 Å². The third-order valence-corrected chi connectivity index (χ3v) is 3.16. The van der Waals surface area contributed by atoms with Gasteiger partial charge in [0, 0.05) is 12.2 Å². The molecule has 0 saturated heterocycles. The van der Waals surface area contributed by atoms with Gasteiger partial charge in [-0.2, -0.15) is 5.10 Å². The molecule has 0 saturated carbocycles. The van der Waals surface area contributed by atoms with Gasteiger partial charge in [-0.3, -0.25) is 4.98 Å². The van der Waals surface area contributed by atoms with Crippen LogP contribution < -0.4 is 5.32 Å². The monoisotopic (exact) mass is 279 g/mol. The first-order chi connectivity index (χ1) is 10.2. The Bertz CT molecular complexity index is 733. The number of hydrogen-bond donors (Lipinski definition) is 1. The quantitative estimate of drug-likeness (QED) is 0.798. The van der Waals surface area contributed by atoms with Gasteiger partial charge >= 0.3 is 0 Å². The molecule has 3 aromatic rings. The number of aryl methyl sites for hydroxylation is 2. The van der Waals surface area contributed by atoms with Gasteiger partial charge in [-0.05, 0) is 25.5 Å². The second-order valence-electron chi connectivity index (χ2n) is 4.94. The maximum Gasteiger partial charge on any atom is 0.174 e. The highest BCUT2D eigenvalue weighted by Crippen LogP contribution is 2.11. The predicted molar refractivity (Wildman–Crippen MR) is 82.4 cm³/mol. The van der Waals surface area contributed by atoms with Crippen LogP contribution in [0.15, 0.2) is 48.8 Å². The summed E-state index contributed by atoms with van der Waals surface area (Å²) >= 11 is 0. The number of anilines is 1. The fourth-order valence-corrected chi connectivity index (χ4v) is 2.19. The average Bonchev–Trinajstić information content (AvgIpc) is 2.85. The van der Waals surface area contributed by atoms with Crippen LogP contribution in [-0.2, 0) is 6.54 Å². The third kappa shape index (κ3) is 3.08. The Morgan fingerprint density at radius 1 is 1.10 bits per heavy atom. The average molecular weight is 279 g/mol. The van der Waals surface area contributed by atoms with Crippen molar-refractivity contribution < 1.29 is 0 Å². The zero-order chi connectivity index (χ0) is 14.7. The molecule has 0 radical (unpaired) electrons. The van der Waals surface area contributed by atoms with Gasteiger partial charge < -0.3 is 5.32 Å². The molecule has 1 aromatic carbocycles. The zero-order valence-electron chi connectivity index (χ0n) is 12.1. The molecule has 0 aliphatic rings. The number of hydrogen-bond acceptors (Lipinski definition) is 4. The van der Waals surface area contributed by atoms with Crippen LogP contribution in [-0.4, -0.2) is 19.7 Å². The van der Waals surface area contributed by atoms with Crippen molar-refractivity contribution >= 4 is 5.82 Å². The number of nitrogens with one attached hydrogen (secondary N) is 1. The van der Waals surface area contributed by atoms with Crippen molar-refractivity contribution in [3.05, 3.63) is 65.7 Å². The number of aromatic nitrogens is 4. The molecule has 0 atom stereocenters. The molecule has 21 heavy (non-hydrogen) atoms. The molecule has 0 unspecified atom stereocenters. The minimum Gasteiger partial charge on any atom is -0.365 e. The molecule has 2 heterocycles. The van der Waals surface area contributed by atoms with Crippen molar-refractivity contribution in [2.24, 2.45) is 0 Å². The zero-order valence-corrected chi connectivity index (χ0v) is 12.1. The van der Waals surface area contributed by atoms with Crippen molar-refractivity contribution in [2.45, 2.75) is 20.4 Å². The standard InChI is InChI=1S/C16H17N5/c1-12-8-13(2)21(20-12)16-11-17-10-15(19-16)18-9-14-6-4-3-5-7-14/h3-8,10-11H,9H2,1-2H3,(H,18,19). The fraction of sp³-hybridized carbons (Fsp3) is 0.188. The fourth-order valence-electron chi connectivity index (χ4n) is 2.19. The van der Waals surface area contributed by atoms with Crippen LogP contribution in [0.2, 0.25) is 0 Å². The minimum absolute atomic E-state index is 0.718. The molecule has 0 spiro atoms. The minimum atomic E-state index is 0.718. The van der Waals surface area contributed by atoms with Gasteiger partial charge in [0.25, 0.3) is 0 Å². The molecule has 106 valence electrons. The van der Waals surface area contributed by atoms with E-state index < -0.39 is 0 Å². The summed E-state index contributed by atoms with van der Waals surface area (Å²) in [5, 5.41) is 7.71. The lowest BCUT2D eigenvalue weighted by molar-refractivity contribution is 0.799. The molecule has 5 heteroatoms. The molecule has 2 aromatic heterocycles. The summed E-state index contributed by atoms with van der Waals surface area (Å²) in [5.41, 5.74) is 3.22. The van der Waals surface area contributed by atoms with Crippen LogP contribution in [0.4, 0.5) is 5.82 Å². The van der Waals surface area contributed by atoms with Crippen LogP contribution in [0.25, 0.3) is 5.82 Å². The normalized spacial score (nSPS) is 10.6. The first-order valence-electron chi connectivity index (χ1n) is 6.86. The Morgan fingerprint density at radius 3 is 2.62 bits per heavy atom. The van der Waals surface area contributed by atoms with Gasteiger partial charge in [-0.15, -0.1) is 0 Å². The van der Waals surface area contributed by atoms with E-state index in [-0.39, 0.29) is 0 Å². The maximum atomic E-state index is 4.56. The van der Waals surface area contributed by atoms with E-state index in [0.717, 1.165) is 29.6 Å². The number of benzene rings is 1. The predicted octanol–water partition coefficient (Wildman–Crippen LogP) is 2.89. The van der Waals surface area contributed by atoms with Gasteiger partial charge in [0.2, 0.25) is 0 Å². The summed E-state index contributed by atoms with van der Waals surface area (Å²) in [5.74, 6) is 1.46. The SMILES string of the molecule is Cc1cc(C)n(-c2cncc(NCc3ccccc3)n2)n1. The summed E-state index contributed by atoms with van der Waals surface area (Å²) in [6, 6.07) is 12.2. The second kappa shape index (κ2) is 5.75. The Kier molecular flexibility index (Phi) is 3.64. The smallest absolute Gasteiger partial charge is 0.174 e. The van der Waals surface area contributed by atoms with E-state index in [1.165, 1.54) is 5.56 Å². The molecular formula is C16H17N5. The Hall–Kier alpha value is -2.69. The summed E-state index contributed by atoms with van der Waals surface area (Å²) in [4.78, 5) is 8.80. The van der Waals surface area contributed by atoms with E-state index >= 15 is 0 Å². The van der Waals surface area contributed by atoms with E-state index in [1.54, 1.807) is 17.1 Å². The van der Waals surface area contributed by atoms with Gasteiger partial charge in [-0.1, -0.05) is 30.3 Å². The van der Waals surface area contributed by atoms with Crippen molar-refractivity contribution in [1.82, 2.24) is 19.7 Å². The van der Waals surface area contributed by atoms with E-state index in [2.05, 4.69) is 32.5 Å². The van der Waals surface area contributed by atoms with Crippen molar-refractivity contribution in [2.75, 3.05) is 5.32 Å². The number of nitrogens with zero attached hydrogens (tertiary/aromatic N) is 4. The third-order valence-electron chi connectivity index (χ3n) is 3.16. The lowest BCUT2D eigenvalue weighted by Crippen LogP contribution is -2.07. The molecule has 0 aliphatic carbocycles. The highest BCUT2D eigenvalue weighted by molar-refractivity contribution is 5.37. The van der Waals surface area contributed by atoms with Crippen molar-refractivity contribution in [1.29, 1.82) is 0 Å². The lowest BCUT2D eigenvalue weighted by atomic mass is 10.2. The van der Waals surface area contributed by atoms with E-state index in [9.17, 15) is 0 Å². The van der Waals surface area contributed by atoms with Gasteiger partial charge in [-0.25, -0.2) is 9.67 Å². The maximum absolute atomic E-state index is 4.56. The van der Waals surface area contributed by atoms with Crippen LogP contribution in [0.3, 0.4) is 0 Å². The highest BCUT2D eigenvalue weighted by Gasteiger charge is 2.06. The van der Waals surface area contributed by atoms with E-state index in [4.69, 9.17) is 0 Å². The van der Waals surface area contributed by atoms with Crippen LogP contribution in [0.5, 0.6) is 0 Å². The van der Waals surface area contributed by atoms with Crippen molar-refractivity contribution in [3.8, 4) is 5.82 Å². The van der Waals surface area contributed by atoms with E-state index in [0.29, 0.717) is 0 Å². The summed E-state index contributed by atoms with van der Waals surface area (Å²) in [7, 11) is 0. The molecule has 0 bridgehead atoms. The molecular weight excluding hydrogens is 262 g/mol. The largest absolute Gasteiger partial charge is 0.365 e. The molecule has 0 aliphatic heterocycles. The Balaban J connectivity index is 1.79. The Morgan fingerprint density at radius 2 is 1.90 bits per heavy atom. The first-order valence-corrected chi connectivity index (χ1v) is 6.86. The summed E-state index contributed by atoms with van der Waals surface area (Å²) < 4.78 is 1.80. The topological polar surface area (TPSA) is 55.6 Å². The van der Waals surface area contributed by atoms with Gasteiger partial charge in [0.15, 0.2) is 5.82 Å². The van der Waals surface area contributed by atoms with Gasteiger partial charge in [0.05, 0.1) is 18.1 Å². The van der Waals surface area contributed by atoms with Crippen LogP contribution in [0, 0.1) is 13.8 Å². The Labute approximate surface area is 123 Å². The molecule has 1 N–H and O–H groups in total. The van der Waals surface area contributed by atoms with E-state index in [1.807, 2.05) is 38.1 Å². The first kappa shape index (κ1) is 13.3. The highest BCUT2D eigenvalue weighted by atomic mass is 15.3. The van der Waals surface area contributed by atoms with Gasteiger partial charge in [0.1, 0.15) is 5.82 Å². The molecule has 0 fully saturated rings. The summed E-state index contributed by atoms with van der Waals surface area (Å²) in [6.45, 7) is 4.69. The molecule has 3 rings (SSSR count). The molecule has 5 nitrogen and oxygen atoms in total. The number of rotatable bonds is 4. The lowest BCUT2D eigenvalue weighted by Gasteiger charge is -2.08. The summed E-state index contributed by atoms with van der Waals surface area (Å²) in [6.07, 6.45) is 3.44. The molecule has 0 amide bonds. The van der Waals surface area contributed by atoms with Crippen molar-refractivity contribution in [3.63, 3.8) is 0 Å².